The van der Waals surface area contributed by atoms with Gasteiger partial charge >= 0.3 is 5.97 Å². The monoisotopic (exact) mass is 347 g/mol. The van der Waals surface area contributed by atoms with Crippen LogP contribution in [0.4, 0.5) is 0 Å². The van der Waals surface area contributed by atoms with E-state index in [4.69, 9.17) is 14.2 Å². The number of benzene rings is 1. The predicted molar refractivity (Wildman–Crippen MR) is 91.5 cm³/mol. The number of hydrogen-bond donors (Lipinski definition) is 1. The zero-order valence-corrected chi connectivity index (χ0v) is 14.4. The van der Waals surface area contributed by atoms with Crippen LogP contribution >= 0.6 is 0 Å². The smallest absolute Gasteiger partial charge is 0.306 e. The first-order valence-corrected chi connectivity index (χ1v) is 9.01. The van der Waals surface area contributed by atoms with Crippen LogP contribution in [0.25, 0.3) is 0 Å². The van der Waals surface area contributed by atoms with E-state index in [2.05, 4.69) is 5.32 Å². The molecule has 6 nitrogen and oxygen atoms in total. The van der Waals surface area contributed by atoms with Crippen molar-refractivity contribution in [1.29, 1.82) is 0 Å². The van der Waals surface area contributed by atoms with E-state index in [-0.39, 0.29) is 24.6 Å². The van der Waals surface area contributed by atoms with Crippen molar-refractivity contribution in [3.8, 4) is 11.5 Å². The van der Waals surface area contributed by atoms with Gasteiger partial charge in [-0.15, -0.1) is 0 Å². The molecule has 1 aliphatic carbocycles. The van der Waals surface area contributed by atoms with Crippen molar-refractivity contribution in [2.75, 3.05) is 19.8 Å². The molecule has 3 rings (SSSR count). The van der Waals surface area contributed by atoms with Gasteiger partial charge in [0.1, 0.15) is 12.7 Å². The van der Waals surface area contributed by atoms with Crippen LogP contribution < -0.4 is 14.8 Å². The first kappa shape index (κ1) is 17.6. The molecule has 136 valence electrons. The fourth-order valence-corrected chi connectivity index (χ4v) is 3.28. The average molecular weight is 347 g/mol. The predicted octanol–water partition coefficient (Wildman–Crippen LogP) is 2.46. The summed E-state index contributed by atoms with van der Waals surface area (Å²) in [5.41, 5.74) is 0. The fourth-order valence-electron chi connectivity index (χ4n) is 3.28. The molecule has 2 aliphatic rings. The zero-order valence-electron chi connectivity index (χ0n) is 14.4. The summed E-state index contributed by atoms with van der Waals surface area (Å²) in [6.07, 6.45) is 5.96. The number of ether oxygens (including phenoxy) is 3. The van der Waals surface area contributed by atoms with Crippen LogP contribution in [0.1, 0.15) is 38.5 Å². The summed E-state index contributed by atoms with van der Waals surface area (Å²) in [6, 6.07) is 7.42. The molecule has 1 aromatic rings. The highest BCUT2D eigenvalue weighted by atomic mass is 16.6. The minimum Gasteiger partial charge on any atom is -0.486 e. The van der Waals surface area contributed by atoms with Crippen LogP contribution in [-0.2, 0) is 14.3 Å². The van der Waals surface area contributed by atoms with Crippen LogP contribution in [0.2, 0.25) is 0 Å². The second-order valence-corrected chi connectivity index (χ2v) is 6.65. The summed E-state index contributed by atoms with van der Waals surface area (Å²) in [6.45, 7) is 0.443. The van der Waals surface area contributed by atoms with Crippen molar-refractivity contribution >= 4 is 11.9 Å². The Morgan fingerprint density at radius 3 is 2.72 bits per heavy atom. The molecular formula is C19H25NO5. The Labute approximate surface area is 147 Å². The summed E-state index contributed by atoms with van der Waals surface area (Å²) in [5, 5.41) is 2.71. The lowest BCUT2D eigenvalue weighted by Gasteiger charge is -2.26. The molecule has 1 unspecified atom stereocenters. The number of carbonyl (C=O) groups is 2. The van der Waals surface area contributed by atoms with Crippen molar-refractivity contribution in [3.63, 3.8) is 0 Å². The Bertz CT molecular complexity index is 597. The maximum atomic E-state index is 11.8. The number of nitrogens with one attached hydrogen (secondary N) is 1. The highest BCUT2D eigenvalue weighted by Crippen LogP contribution is 2.30. The largest absolute Gasteiger partial charge is 0.486 e. The van der Waals surface area contributed by atoms with Gasteiger partial charge in [0.05, 0.1) is 6.54 Å². The van der Waals surface area contributed by atoms with E-state index in [1.807, 2.05) is 24.3 Å². The minimum absolute atomic E-state index is 0.242. The second-order valence-electron chi connectivity index (χ2n) is 6.65. The number of esters is 1. The molecule has 0 radical (unpaired) electrons. The quantitative estimate of drug-likeness (QED) is 0.767. The molecule has 25 heavy (non-hydrogen) atoms. The SMILES string of the molecule is O=C(COC(=O)CCC1CCCC1)NCC1COc2ccccc2O1. The summed E-state index contributed by atoms with van der Waals surface area (Å²) < 4.78 is 16.4. The number of amides is 1. The van der Waals surface area contributed by atoms with Crippen molar-refractivity contribution in [2.45, 2.75) is 44.6 Å². The van der Waals surface area contributed by atoms with Gasteiger partial charge in [-0.2, -0.15) is 0 Å². The molecule has 0 aromatic heterocycles. The van der Waals surface area contributed by atoms with Gasteiger partial charge in [-0.25, -0.2) is 0 Å². The lowest BCUT2D eigenvalue weighted by molar-refractivity contribution is -0.148. The normalized spacial score (nSPS) is 19.4. The average Bonchev–Trinajstić information content (AvgIpc) is 3.16. The van der Waals surface area contributed by atoms with Crippen LogP contribution in [-0.4, -0.2) is 37.7 Å². The molecule has 1 aromatic carbocycles. The van der Waals surface area contributed by atoms with E-state index in [1.165, 1.54) is 25.7 Å². The van der Waals surface area contributed by atoms with E-state index in [9.17, 15) is 9.59 Å². The molecule has 1 fully saturated rings. The van der Waals surface area contributed by atoms with E-state index >= 15 is 0 Å². The lowest BCUT2D eigenvalue weighted by atomic mass is 10.0. The van der Waals surface area contributed by atoms with Crippen LogP contribution in [0.15, 0.2) is 24.3 Å². The molecule has 6 heteroatoms. The maximum absolute atomic E-state index is 11.8. The molecular weight excluding hydrogens is 322 g/mol. The number of hydrogen-bond acceptors (Lipinski definition) is 5. The zero-order chi connectivity index (χ0) is 17.5. The summed E-state index contributed by atoms with van der Waals surface area (Å²) in [4.78, 5) is 23.5. The van der Waals surface area contributed by atoms with Gasteiger partial charge in [-0.05, 0) is 24.5 Å². The highest BCUT2D eigenvalue weighted by Gasteiger charge is 2.21. The van der Waals surface area contributed by atoms with E-state index in [1.54, 1.807) is 0 Å². The third-order valence-electron chi connectivity index (χ3n) is 4.69. The van der Waals surface area contributed by atoms with Crippen molar-refractivity contribution in [2.24, 2.45) is 5.92 Å². The molecule has 0 bridgehead atoms. The molecule has 0 spiro atoms. The van der Waals surface area contributed by atoms with Gasteiger partial charge in [-0.1, -0.05) is 37.8 Å². The van der Waals surface area contributed by atoms with Gasteiger partial charge in [0.2, 0.25) is 0 Å². The van der Waals surface area contributed by atoms with E-state index in [0.29, 0.717) is 37.0 Å². The van der Waals surface area contributed by atoms with Gasteiger partial charge in [0, 0.05) is 6.42 Å². The third-order valence-corrected chi connectivity index (χ3v) is 4.69. The molecule has 0 saturated heterocycles. The van der Waals surface area contributed by atoms with E-state index < -0.39 is 0 Å². The lowest BCUT2D eigenvalue weighted by Crippen LogP contribution is -2.42. The van der Waals surface area contributed by atoms with Gasteiger partial charge < -0.3 is 19.5 Å². The Kier molecular flexibility index (Phi) is 6.14. The standard InChI is InChI=1S/C19H25NO5/c21-18(13-24-19(22)10-9-14-5-1-2-6-14)20-11-15-12-23-16-7-3-4-8-17(16)25-15/h3-4,7-8,14-15H,1-2,5-6,9-13H2,(H,20,21). The number of fused-ring (bicyclic) bond motifs is 1. The Morgan fingerprint density at radius 2 is 1.92 bits per heavy atom. The summed E-state index contributed by atoms with van der Waals surface area (Å²) in [7, 11) is 0. The molecule has 1 saturated carbocycles. The van der Waals surface area contributed by atoms with Crippen molar-refractivity contribution < 1.29 is 23.8 Å². The third kappa shape index (κ3) is 5.37. The number of para-hydroxylation sites is 2. The van der Waals surface area contributed by atoms with Gasteiger partial charge in [0.15, 0.2) is 18.1 Å². The molecule has 1 N–H and O–H groups in total. The summed E-state index contributed by atoms with van der Waals surface area (Å²) in [5.74, 6) is 1.41. The molecule has 1 aliphatic heterocycles. The highest BCUT2D eigenvalue weighted by molar-refractivity contribution is 5.80. The first-order chi connectivity index (χ1) is 12.2. The second kappa shape index (κ2) is 8.74. The topological polar surface area (TPSA) is 73.9 Å². The van der Waals surface area contributed by atoms with E-state index in [0.717, 1.165) is 6.42 Å². The van der Waals surface area contributed by atoms with Crippen LogP contribution in [0.3, 0.4) is 0 Å². The Hall–Kier alpha value is -2.24. The van der Waals surface area contributed by atoms with Gasteiger partial charge in [0.25, 0.3) is 5.91 Å². The summed E-state index contributed by atoms with van der Waals surface area (Å²) >= 11 is 0. The maximum Gasteiger partial charge on any atom is 0.306 e. The first-order valence-electron chi connectivity index (χ1n) is 9.01. The molecule has 1 amide bonds. The number of carbonyl (C=O) groups excluding carboxylic acids is 2. The minimum atomic E-state index is -0.323. The van der Waals surface area contributed by atoms with Crippen LogP contribution in [0, 0.1) is 5.92 Å². The van der Waals surface area contributed by atoms with Crippen molar-refractivity contribution in [1.82, 2.24) is 5.32 Å². The van der Waals surface area contributed by atoms with Crippen LogP contribution in [0.5, 0.6) is 11.5 Å². The Morgan fingerprint density at radius 1 is 1.16 bits per heavy atom. The molecule has 1 heterocycles. The fraction of sp³-hybridized carbons (Fsp3) is 0.579. The number of rotatable bonds is 7. The van der Waals surface area contributed by atoms with Gasteiger partial charge in [-0.3, -0.25) is 9.59 Å². The molecule has 1 atom stereocenters. The Balaban J connectivity index is 1.30. The van der Waals surface area contributed by atoms with Crippen molar-refractivity contribution in [3.05, 3.63) is 24.3 Å².